The first-order valence-corrected chi connectivity index (χ1v) is 10.7. The fourth-order valence-electron chi connectivity index (χ4n) is 2.28. The van der Waals surface area contributed by atoms with Crippen molar-refractivity contribution in [1.82, 2.24) is 19.9 Å². The molecule has 0 aliphatic heterocycles. The molecule has 0 saturated heterocycles. The summed E-state index contributed by atoms with van der Waals surface area (Å²) in [6, 6.07) is 18.0. The second-order valence-electron chi connectivity index (χ2n) is 6.63. The monoisotopic (exact) mass is 414 g/mol. The molecule has 0 radical (unpaired) electrons. The van der Waals surface area contributed by atoms with Crippen LogP contribution in [0.15, 0.2) is 98.0 Å². The van der Waals surface area contributed by atoms with Crippen molar-refractivity contribution in [1.29, 1.82) is 0 Å². The number of pyridine rings is 4. The number of aryl methyl sites for hydroxylation is 4. The summed E-state index contributed by atoms with van der Waals surface area (Å²) in [6.45, 7) is 8.38. The molecule has 0 aromatic carbocycles. The van der Waals surface area contributed by atoms with Crippen LogP contribution >= 0.6 is 0 Å². The highest BCUT2D eigenvalue weighted by Gasteiger charge is 1.82. The van der Waals surface area contributed by atoms with Crippen LogP contribution in [-0.4, -0.2) is 19.9 Å². The van der Waals surface area contributed by atoms with Crippen molar-refractivity contribution >= 4 is 0 Å². The van der Waals surface area contributed by atoms with Crippen molar-refractivity contribution < 1.29 is 0 Å². The van der Waals surface area contributed by atoms with Gasteiger partial charge in [0.15, 0.2) is 0 Å². The second-order valence-corrected chi connectivity index (χ2v) is 6.63. The van der Waals surface area contributed by atoms with Gasteiger partial charge < -0.3 is 0 Å². The zero-order valence-corrected chi connectivity index (χ0v) is 19.1. The summed E-state index contributed by atoms with van der Waals surface area (Å²) in [5.41, 5.74) is 5.02. The third kappa shape index (κ3) is 13.4. The molecule has 0 atom stereocenters. The lowest BCUT2D eigenvalue weighted by atomic mass is 10.2. The van der Waals surface area contributed by atoms with Crippen molar-refractivity contribution in [3.05, 3.63) is 120 Å². The minimum Gasteiger partial charge on any atom is -0.265 e. The largest absolute Gasteiger partial charge is 0.265 e. The van der Waals surface area contributed by atoms with Crippen LogP contribution in [0.1, 0.15) is 43.2 Å². The summed E-state index contributed by atoms with van der Waals surface area (Å²) in [6.07, 6.45) is 15.9. The Balaban J connectivity index is 0.000000207. The third-order valence-corrected chi connectivity index (χ3v) is 4.19. The molecule has 4 heteroatoms. The normalized spacial score (nSPS) is 9.03. The van der Waals surface area contributed by atoms with Gasteiger partial charge in [-0.15, -0.1) is 0 Å². The van der Waals surface area contributed by atoms with Gasteiger partial charge in [0.1, 0.15) is 0 Å². The summed E-state index contributed by atoms with van der Waals surface area (Å²) in [7, 11) is 0. The SMILES string of the molecule is CCc1ccccn1.CCc1cccnc1.CCc1ccncc1.Cc1cccnc1. The molecule has 4 nitrogen and oxygen atoms in total. The highest BCUT2D eigenvalue weighted by Crippen LogP contribution is 1.95. The van der Waals surface area contributed by atoms with Crippen molar-refractivity contribution in [3.63, 3.8) is 0 Å². The first-order valence-electron chi connectivity index (χ1n) is 10.7. The van der Waals surface area contributed by atoms with Crippen LogP contribution in [0, 0.1) is 6.92 Å². The van der Waals surface area contributed by atoms with E-state index in [0.29, 0.717) is 0 Å². The first kappa shape index (κ1) is 25.6. The van der Waals surface area contributed by atoms with Crippen LogP contribution in [0.25, 0.3) is 0 Å². The molecule has 0 spiro atoms. The van der Waals surface area contributed by atoms with Crippen molar-refractivity contribution in [2.75, 3.05) is 0 Å². The smallest absolute Gasteiger partial charge is 0.0400 e. The highest BCUT2D eigenvalue weighted by molar-refractivity contribution is 5.09. The van der Waals surface area contributed by atoms with Gasteiger partial charge in [-0.25, -0.2) is 0 Å². The molecule has 0 aliphatic rings. The van der Waals surface area contributed by atoms with Gasteiger partial charge in [-0.1, -0.05) is 39.0 Å². The number of aromatic nitrogens is 4. The average molecular weight is 415 g/mol. The van der Waals surface area contributed by atoms with E-state index in [4.69, 9.17) is 0 Å². The Morgan fingerprint density at radius 1 is 0.548 bits per heavy atom. The van der Waals surface area contributed by atoms with Gasteiger partial charge in [0.25, 0.3) is 0 Å². The van der Waals surface area contributed by atoms with Crippen LogP contribution in [0.5, 0.6) is 0 Å². The molecule has 4 aromatic heterocycles. The van der Waals surface area contributed by atoms with Gasteiger partial charge in [0.05, 0.1) is 0 Å². The maximum Gasteiger partial charge on any atom is 0.0400 e. The molecule has 0 fully saturated rings. The quantitative estimate of drug-likeness (QED) is 0.393. The Kier molecular flexibility index (Phi) is 14.4. The predicted octanol–water partition coefficient (Wildman–Crippen LogP) is 6.32. The van der Waals surface area contributed by atoms with Crippen LogP contribution in [0.3, 0.4) is 0 Å². The Labute approximate surface area is 187 Å². The van der Waals surface area contributed by atoms with Gasteiger partial charge in [-0.2, -0.15) is 0 Å². The zero-order valence-electron chi connectivity index (χ0n) is 19.1. The summed E-state index contributed by atoms with van der Waals surface area (Å²) in [4.78, 5) is 15.8. The summed E-state index contributed by atoms with van der Waals surface area (Å²) in [5.74, 6) is 0. The lowest BCUT2D eigenvalue weighted by molar-refractivity contribution is 1.04. The third-order valence-electron chi connectivity index (χ3n) is 4.19. The fourth-order valence-corrected chi connectivity index (χ4v) is 2.28. The lowest BCUT2D eigenvalue weighted by Gasteiger charge is -1.89. The van der Waals surface area contributed by atoms with Crippen LogP contribution < -0.4 is 0 Å². The molecule has 162 valence electrons. The molecule has 0 N–H and O–H groups in total. The van der Waals surface area contributed by atoms with Crippen molar-refractivity contribution in [2.45, 2.75) is 47.0 Å². The Hall–Kier alpha value is -3.40. The van der Waals surface area contributed by atoms with Crippen LogP contribution in [0.2, 0.25) is 0 Å². The summed E-state index contributed by atoms with van der Waals surface area (Å²) >= 11 is 0. The van der Waals surface area contributed by atoms with Gasteiger partial charge in [0, 0.05) is 49.1 Å². The average Bonchev–Trinajstić information content (AvgIpc) is 2.87. The van der Waals surface area contributed by atoms with E-state index in [1.54, 1.807) is 12.4 Å². The molecule has 4 heterocycles. The highest BCUT2D eigenvalue weighted by atomic mass is 14.7. The van der Waals surface area contributed by atoms with Gasteiger partial charge in [-0.05, 0) is 79.3 Å². The molecular formula is C27H34N4. The molecule has 4 aromatic rings. The Bertz CT molecular complexity index is 789. The lowest BCUT2D eigenvalue weighted by Crippen LogP contribution is -1.81. The van der Waals surface area contributed by atoms with Crippen molar-refractivity contribution in [2.24, 2.45) is 0 Å². The minimum absolute atomic E-state index is 1.03. The number of rotatable bonds is 3. The second kappa shape index (κ2) is 17.5. The maximum atomic E-state index is 4.10. The van der Waals surface area contributed by atoms with Gasteiger partial charge in [-0.3, -0.25) is 19.9 Å². The zero-order chi connectivity index (χ0) is 22.6. The van der Waals surface area contributed by atoms with E-state index in [-0.39, 0.29) is 0 Å². The van der Waals surface area contributed by atoms with E-state index in [0.717, 1.165) is 25.0 Å². The summed E-state index contributed by atoms with van der Waals surface area (Å²) in [5, 5.41) is 0. The van der Waals surface area contributed by atoms with E-state index in [9.17, 15) is 0 Å². The standard InChI is InChI=1S/3C7H9N.C6H7N/c1-2-7-3-5-8-6-4-7;1-2-7-4-3-5-8-6-7;1-2-7-5-3-4-6-8-7;1-6-3-2-4-7-5-6/h3*3-6H,2H2,1H3;2-5H,1H3. The molecular weight excluding hydrogens is 380 g/mol. The van der Waals surface area contributed by atoms with E-state index in [1.165, 1.54) is 16.7 Å². The first-order chi connectivity index (χ1) is 15.2. The van der Waals surface area contributed by atoms with E-state index in [1.807, 2.05) is 86.4 Å². The molecule has 0 bridgehead atoms. The van der Waals surface area contributed by atoms with Crippen LogP contribution in [-0.2, 0) is 19.3 Å². The van der Waals surface area contributed by atoms with Gasteiger partial charge in [0.2, 0.25) is 0 Å². The molecule has 0 aliphatic carbocycles. The van der Waals surface area contributed by atoms with Gasteiger partial charge >= 0.3 is 0 Å². The summed E-state index contributed by atoms with van der Waals surface area (Å²) < 4.78 is 0. The number of nitrogens with zero attached hydrogens (tertiary/aromatic N) is 4. The fraction of sp³-hybridized carbons (Fsp3) is 0.259. The Morgan fingerprint density at radius 3 is 1.55 bits per heavy atom. The van der Waals surface area contributed by atoms with E-state index in [2.05, 4.69) is 46.8 Å². The van der Waals surface area contributed by atoms with Crippen molar-refractivity contribution in [3.8, 4) is 0 Å². The molecule has 0 saturated carbocycles. The maximum absolute atomic E-state index is 4.10. The van der Waals surface area contributed by atoms with Crippen LogP contribution in [0.4, 0.5) is 0 Å². The number of hydrogen-bond acceptors (Lipinski definition) is 4. The predicted molar refractivity (Wildman–Crippen MR) is 130 cm³/mol. The molecule has 4 rings (SSSR count). The molecule has 0 amide bonds. The van der Waals surface area contributed by atoms with E-state index < -0.39 is 0 Å². The van der Waals surface area contributed by atoms with E-state index >= 15 is 0 Å². The molecule has 31 heavy (non-hydrogen) atoms. The number of hydrogen-bond donors (Lipinski definition) is 0. The minimum atomic E-state index is 1.03. The molecule has 0 unspecified atom stereocenters. The Morgan fingerprint density at radius 2 is 1.23 bits per heavy atom. The topological polar surface area (TPSA) is 51.6 Å².